The molecule has 0 N–H and O–H groups in total. The molecule has 0 saturated carbocycles. The molecule has 0 aromatic heterocycles. The zero-order chi connectivity index (χ0) is 53.3. The highest BCUT2D eigenvalue weighted by molar-refractivity contribution is 5.71. The van der Waals surface area contributed by atoms with Crippen molar-refractivity contribution in [1.82, 2.24) is 0 Å². The molecule has 0 rings (SSSR count). The molecule has 0 aliphatic heterocycles. The maximum atomic E-state index is 12.9. The first-order valence-corrected chi connectivity index (χ1v) is 33.1. The molecular weight excluding hydrogens is 901 g/mol. The quantitative estimate of drug-likeness (QED) is 0.0343. The van der Waals surface area contributed by atoms with Gasteiger partial charge in [0.25, 0.3) is 0 Å². The van der Waals surface area contributed by atoms with E-state index in [0.29, 0.717) is 19.3 Å². The Labute approximate surface area is 457 Å². The van der Waals surface area contributed by atoms with E-state index in [0.717, 1.165) is 75.5 Å². The lowest BCUT2D eigenvalue weighted by Crippen LogP contribution is -2.30. The van der Waals surface area contributed by atoms with Gasteiger partial charge in [0.2, 0.25) is 0 Å². The first-order chi connectivity index (χ1) is 35.6. The van der Waals surface area contributed by atoms with E-state index in [4.69, 9.17) is 14.2 Å². The van der Waals surface area contributed by atoms with Crippen LogP contribution >= 0.6 is 0 Å². The predicted octanol–water partition coefficient (Wildman–Crippen LogP) is 22.2. The number of carbonyl (C=O) groups excluding carboxylic acids is 3. The molecule has 0 amide bonds. The number of unbranched alkanes of at least 4 members (excludes halogenated alkanes) is 43. The normalized spacial score (nSPS) is 12.1. The molecule has 0 aromatic rings. The summed E-state index contributed by atoms with van der Waals surface area (Å²) >= 11 is 0. The molecule has 6 heteroatoms. The van der Waals surface area contributed by atoms with E-state index in [1.807, 2.05) is 0 Å². The molecule has 0 fully saturated rings. The molecule has 0 aliphatic carbocycles. The van der Waals surface area contributed by atoms with Gasteiger partial charge in [-0.3, -0.25) is 14.4 Å². The van der Waals surface area contributed by atoms with Crippen LogP contribution in [0.15, 0.2) is 0 Å². The summed E-state index contributed by atoms with van der Waals surface area (Å²) in [7, 11) is 0. The van der Waals surface area contributed by atoms with Crippen LogP contribution in [0.1, 0.15) is 375 Å². The van der Waals surface area contributed by atoms with Crippen molar-refractivity contribution >= 4 is 17.9 Å². The molecule has 0 aromatic carbocycles. The summed E-state index contributed by atoms with van der Waals surface area (Å²) in [6.07, 6.45) is 63.9. The highest BCUT2D eigenvalue weighted by Crippen LogP contribution is 2.19. The fraction of sp³-hybridized carbons (Fsp3) is 0.955. The van der Waals surface area contributed by atoms with E-state index in [2.05, 4.69) is 41.5 Å². The topological polar surface area (TPSA) is 78.9 Å². The van der Waals surface area contributed by atoms with Gasteiger partial charge in [-0.05, 0) is 37.0 Å². The molecule has 0 saturated heterocycles. The predicted molar refractivity (Wildman–Crippen MR) is 316 cm³/mol. The molecular formula is C67H130O6. The average molecular weight is 1030 g/mol. The van der Waals surface area contributed by atoms with Crippen LogP contribution in [-0.2, 0) is 28.6 Å². The molecule has 434 valence electrons. The largest absolute Gasteiger partial charge is 0.462 e. The van der Waals surface area contributed by atoms with Crippen molar-refractivity contribution in [3.8, 4) is 0 Å². The Morgan fingerprint density at radius 3 is 0.589 bits per heavy atom. The summed E-state index contributed by atoms with van der Waals surface area (Å²) in [6, 6.07) is 0. The van der Waals surface area contributed by atoms with Crippen molar-refractivity contribution in [3.63, 3.8) is 0 Å². The second-order valence-electron chi connectivity index (χ2n) is 24.5. The summed E-state index contributed by atoms with van der Waals surface area (Å²) in [5.41, 5.74) is 0. The van der Waals surface area contributed by atoms with Crippen LogP contribution in [0.25, 0.3) is 0 Å². The van der Waals surface area contributed by atoms with E-state index in [1.54, 1.807) is 0 Å². The van der Waals surface area contributed by atoms with Crippen LogP contribution < -0.4 is 0 Å². The lowest BCUT2D eigenvalue weighted by atomic mass is 10.0. The molecule has 0 bridgehead atoms. The first-order valence-electron chi connectivity index (χ1n) is 33.1. The number of hydrogen-bond acceptors (Lipinski definition) is 6. The SMILES string of the molecule is CC(C)CCCCCCCCCCCCCCCCCCCCC(=O)OC[C@@H](COC(=O)CCCCCCCCCCCCCCC(C)C)OC(=O)CCCCCCCCCCCCCCCCCCC(C)C. The smallest absolute Gasteiger partial charge is 0.306 e. The maximum absolute atomic E-state index is 12.9. The zero-order valence-corrected chi connectivity index (χ0v) is 50.4. The van der Waals surface area contributed by atoms with Gasteiger partial charge in [0.05, 0.1) is 0 Å². The molecule has 1 atom stereocenters. The minimum Gasteiger partial charge on any atom is -0.462 e. The third kappa shape index (κ3) is 61.1. The van der Waals surface area contributed by atoms with E-state index < -0.39 is 6.10 Å². The molecule has 6 nitrogen and oxygen atoms in total. The van der Waals surface area contributed by atoms with Gasteiger partial charge in [0, 0.05) is 19.3 Å². The van der Waals surface area contributed by atoms with Crippen LogP contribution in [0.3, 0.4) is 0 Å². The van der Waals surface area contributed by atoms with Crippen molar-refractivity contribution in [2.24, 2.45) is 17.8 Å². The number of carbonyl (C=O) groups is 3. The van der Waals surface area contributed by atoms with Crippen LogP contribution in [-0.4, -0.2) is 37.2 Å². The fourth-order valence-electron chi connectivity index (χ4n) is 10.4. The van der Waals surface area contributed by atoms with Gasteiger partial charge in [-0.25, -0.2) is 0 Å². The highest BCUT2D eigenvalue weighted by atomic mass is 16.6. The lowest BCUT2D eigenvalue weighted by Gasteiger charge is -2.18. The molecule has 0 spiro atoms. The summed E-state index contributed by atoms with van der Waals surface area (Å²) < 4.78 is 17.0. The van der Waals surface area contributed by atoms with Gasteiger partial charge in [-0.2, -0.15) is 0 Å². The highest BCUT2D eigenvalue weighted by Gasteiger charge is 2.19. The number of ether oxygens (including phenoxy) is 3. The molecule has 0 aliphatic rings. The summed E-state index contributed by atoms with van der Waals surface area (Å²) in [4.78, 5) is 38.4. The van der Waals surface area contributed by atoms with Crippen LogP contribution in [0.4, 0.5) is 0 Å². The molecule has 0 heterocycles. The van der Waals surface area contributed by atoms with E-state index in [1.165, 1.54) is 257 Å². The second kappa shape index (κ2) is 58.1. The third-order valence-electron chi connectivity index (χ3n) is 15.4. The standard InChI is InChI=1S/C67H130O6/c1-61(2)53-47-41-35-29-23-17-13-9-7-8-10-15-19-26-32-38-44-50-56-65(68)71-59-64(60-72-66(69)57-51-45-39-33-27-22-21-25-31-37-43-49-55-63(5)6)73-67(70)58-52-46-40-34-28-20-16-12-11-14-18-24-30-36-42-48-54-62(3)4/h61-64H,7-60H2,1-6H3/t64-/m0/s1. The Morgan fingerprint density at radius 2 is 0.397 bits per heavy atom. The average Bonchev–Trinajstić information content (AvgIpc) is 3.35. The first kappa shape index (κ1) is 71.4. The van der Waals surface area contributed by atoms with E-state index in [-0.39, 0.29) is 31.1 Å². The van der Waals surface area contributed by atoms with Crippen molar-refractivity contribution in [2.45, 2.75) is 382 Å². The Bertz CT molecular complexity index is 1130. The fourth-order valence-corrected chi connectivity index (χ4v) is 10.4. The van der Waals surface area contributed by atoms with E-state index in [9.17, 15) is 14.4 Å². The minimum absolute atomic E-state index is 0.0623. The Morgan fingerprint density at radius 1 is 0.233 bits per heavy atom. The zero-order valence-electron chi connectivity index (χ0n) is 50.4. The molecule has 0 unspecified atom stereocenters. The van der Waals surface area contributed by atoms with Crippen LogP contribution in [0, 0.1) is 17.8 Å². The van der Waals surface area contributed by atoms with Crippen molar-refractivity contribution in [2.75, 3.05) is 13.2 Å². The Kier molecular flexibility index (Phi) is 56.8. The monoisotopic (exact) mass is 1030 g/mol. The second-order valence-corrected chi connectivity index (χ2v) is 24.5. The van der Waals surface area contributed by atoms with Crippen LogP contribution in [0.2, 0.25) is 0 Å². The van der Waals surface area contributed by atoms with Gasteiger partial charge in [-0.1, -0.05) is 337 Å². The van der Waals surface area contributed by atoms with Crippen LogP contribution in [0.5, 0.6) is 0 Å². The van der Waals surface area contributed by atoms with Gasteiger partial charge < -0.3 is 14.2 Å². The van der Waals surface area contributed by atoms with Crippen molar-refractivity contribution < 1.29 is 28.6 Å². The Hall–Kier alpha value is -1.59. The number of esters is 3. The van der Waals surface area contributed by atoms with Gasteiger partial charge in [0.15, 0.2) is 6.10 Å². The Balaban J connectivity index is 4.27. The summed E-state index contributed by atoms with van der Waals surface area (Å²) in [6.45, 7) is 13.8. The third-order valence-corrected chi connectivity index (χ3v) is 15.4. The molecule has 73 heavy (non-hydrogen) atoms. The van der Waals surface area contributed by atoms with Gasteiger partial charge in [0.1, 0.15) is 13.2 Å². The number of hydrogen-bond donors (Lipinski definition) is 0. The van der Waals surface area contributed by atoms with E-state index >= 15 is 0 Å². The summed E-state index contributed by atoms with van der Waals surface area (Å²) in [5, 5.41) is 0. The van der Waals surface area contributed by atoms with Crippen molar-refractivity contribution in [3.05, 3.63) is 0 Å². The van der Waals surface area contributed by atoms with Crippen molar-refractivity contribution in [1.29, 1.82) is 0 Å². The maximum Gasteiger partial charge on any atom is 0.306 e. The summed E-state index contributed by atoms with van der Waals surface area (Å²) in [5.74, 6) is 1.71. The van der Waals surface area contributed by atoms with Gasteiger partial charge in [-0.15, -0.1) is 0 Å². The molecule has 0 radical (unpaired) electrons. The number of rotatable bonds is 60. The van der Waals surface area contributed by atoms with Gasteiger partial charge >= 0.3 is 17.9 Å². The minimum atomic E-state index is -0.765. The lowest BCUT2D eigenvalue weighted by molar-refractivity contribution is -0.167.